The first-order valence-electron chi connectivity index (χ1n) is 6.84. The monoisotopic (exact) mass is 256 g/mol. The van der Waals surface area contributed by atoms with Crippen LogP contribution in [0.4, 0.5) is 0 Å². The molecule has 0 bridgehead atoms. The Kier molecular flexibility index (Phi) is 2.19. The minimum Gasteiger partial charge on any atom is -0.338 e. The van der Waals surface area contributed by atoms with Crippen LogP contribution in [0.2, 0.25) is 0 Å². The van der Waals surface area contributed by atoms with E-state index < -0.39 is 0 Å². The number of rotatable bonds is 1. The van der Waals surface area contributed by atoms with Gasteiger partial charge in [0.25, 0.3) is 0 Å². The SMILES string of the molecule is Cc1cc2ncc3c(n2n1)CCN(C(=O)C1CC1)C3. The van der Waals surface area contributed by atoms with E-state index in [-0.39, 0.29) is 0 Å². The van der Waals surface area contributed by atoms with Gasteiger partial charge < -0.3 is 4.90 Å². The third-order valence-electron chi connectivity index (χ3n) is 4.01. The molecule has 98 valence electrons. The summed E-state index contributed by atoms with van der Waals surface area (Å²) >= 11 is 0. The van der Waals surface area contributed by atoms with Crippen molar-refractivity contribution >= 4 is 11.6 Å². The summed E-state index contributed by atoms with van der Waals surface area (Å²) in [6.45, 7) is 3.47. The topological polar surface area (TPSA) is 50.5 Å². The molecule has 5 nitrogen and oxygen atoms in total. The molecule has 2 aromatic rings. The Bertz CT molecular complexity index is 671. The van der Waals surface area contributed by atoms with Crippen molar-refractivity contribution < 1.29 is 4.79 Å². The number of hydrogen-bond donors (Lipinski definition) is 0. The van der Waals surface area contributed by atoms with E-state index in [1.807, 2.05) is 28.6 Å². The summed E-state index contributed by atoms with van der Waals surface area (Å²) < 4.78 is 1.93. The lowest BCUT2D eigenvalue weighted by molar-refractivity contribution is -0.133. The molecule has 0 saturated heterocycles. The highest BCUT2D eigenvalue weighted by Crippen LogP contribution is 2.32. The van der Waals surface area contributed by atoms with Crippen LogP contribution in [0.15, 0.2) is 12.3 Å². The van der Waals surface area contributed by atoms with Crippen LogP contribution in [-0.2, 0) is 17.8 Å². The van der Waals surface area contributed by atoms with Gasteiger partial charge in [-0.3, -0.25) is 4.79 Å². The van der Waals surface area contributed by atoms with Crippen LogP contribution in [0.3, 0.4) is 0 Å². The van der Waals surface area contributed by atoms with Crippen LogP contribution in [0.5, 0.6) is 0 Å². The van der Waals surface area contributed by atoms with Crippen LogP contribution in [-0.4, -0.2) is 31.9 Å². The van der Waals surface area contributed by atoms with E-state index in [0.717, 1.165) is 42.7 Å². The lowest BCUT2D eigenvalue weighted by Gasteiger charge is -2.28. The van der Waals surface area contributed by atoms with E-state index >= 15 is 0 Å². The van der Waals surface area contributed by atoms with Crippen molar-refractivity contribution in [2.45, 2.75) is 32.7 Å². The highest BCUT2D eigenvalue weighted by molar-refractivity contribution is 5.81. The second kappa shape index (κ2) is 3.79. The van der Waals surface area contributed by atoms with Gasteiger partial charge in [0.15, 0.2) is 5.65 Å². The molecule has 1 amide bonds. The van der Waals surface area contributed by atoms with Crippen LogP contribution in [0, 0.1) is 12.8 Å². The van der Waals surface area contributed by atoms with Crippen LogP contribution < -0.4 is 0 Å². The molecule has 2 aromatic heterocycles. The van der Waals surface area contributed by atoms with Crippen molar-refractivity contribution in [1.29, 1.82) is 0 Å². The molecule has 2 aliphatic rings. The zero-order valence-electron chi connectivity index (χ0n) is 11.0. The quantitative estimate of drug-likeness (QED) is 0.773. The van der Waals surface area contributed by atoms with Crippen molar-refractivity contribution in [3.05, 3.63) is 29.2 Å². The second-order valence-corrected chi connectivity index (χ2v) is 5.57. The van der Waals surface area contributed by atoms with Gasteiger partial charge in [0.05, 0.1) is 11.4 Å². The predicted molar refractivity (Wildman–Crippen MR) is 69.6 cm³/mol. The van der Waals surface area contributed by atoms with Crippen LogP contribution in [0.25, 0.3) is 5.65 Å². The first-order valence-corrected chi connectivity index (χ1v) is 6.84. The summed E-state index contributed by atoms with van der Waals surface area (Å²) in [5.41, 5.74) is 4.23. The maximum atomic E-state index is 12.1. The first-order chi connectivity index (χ1) is 9.22. The fraction of sp³-hybridized carbons (Fsp3) is 0.500. The molecule has 0 spiro atoms. The summed E-state index contributed by atoms with van der Waals surface area (Å²) in [6.07, 6.45) is 4.90. The summed E-state index contributed by atoms with van der Waals surface area (Å²) in [5.74, 6) is 0.618. The van der Waals surface area contributed by atoms with Gasteiger partial charge in [-0.2, -0.15) is 5.10 Å². The molecule has 5 heteroatoms. The van der Waals surface area contributed by atoms with E-state index in [2.05, 4.69) is 10.1 Å². The normalized spacial score (nSPS) is 18.7. The molecule has 0 radical (unpaired) electrons. The summed E-state index contributed by atoms with van der Waals surface area (Å²) in [7, 11) is 0. The van der Waals surface area contributed by atoms with Gasteiger partial charge in [-0.05, 0) is 19.8 Å². The van der Waals surface area contributed by atoms with Gasteiger partial charge in [0.1, 0.15) is 0 Å². The average molecular weight is 256 g/mol. The van der Waals surface area contributed by atoms with Gasteiger partial charge in [-0.1, -0.05) is 0 Å². The molecular weight excluding hydrogens is 240 g/mol. The highest BCUT2D eigenvalue weighted by atomic mass is 16.2. The lowest BCUT2D eigenvalue weighted by atomic mass is 10.1. The van der Waals surface area contributed by atoms with E-state index in [0.29, 0.717) is 18.4 Å². The summed E-state index contributed by atoms with van der Waals surface area (Å²) in [4.78, 5) is 18.5. The minimum absolute atomic E-state index is 0.296. The summed E-state index contributed by atoms with van der Waals surface area (Å²) in [5, 5.41) is 4.49. The standard InChI is InChI=1S/C14H16N4O/c1-9-6-13-15-7-11-8-17(14(19)10-2-3-10)5-4-12(11)18(13)16-9/h6-7,10H,2-5,8H2,1H3. The smallest absolute Gasteiger partial charge is 0.225 e. The fourth-order valence-corrected chi connectivity index (χ4v) is 2.83. The van der Waals surface area contributed by atoms with E-state index in [1.54, 1.807) is 0 Å². The highest BCUT2D eigenvalue weighted by Gasteiger charge is 2.35. The number of amides is 1. The second-order valence-electron chi connectivity index (χ2n) is 5.57. The molecule has 1 saturated carbocycles. The van der Waals surface area contributed by atoms with Crippen LogP contribution >= 0.6 is 0 Å². The van der Waals surface area contributed by atoms with Gasteiger partial charge in [-0.15, -0.1) is 0 Å². The Balaban J connectivity index is 1.71. The van der Waals surface area contributed by atoms with Crippen molar-refractivity contribution in [2.24, 2.45) is 5.92 Å². The van der Waals surface area contributed by atoms with Crippen molar-refractivity contribution in [3.8, 4) is 0 Å². The van der Waals surface area contributed by atoms with Crippen molar-refractivity contribution in [3.63, 3.8) is 0 Å². The predicted octanol–water partition coefficient (Wildman–Crippen LogP) is 1.33. The molecule has 1 aliphatic carbocycles. The Morgan fingerprint density at radius 1 is 1.42 bits per heavy atom. The molecule has 19 heavy (non-hydrogen) atoms. The van der Waals surface area contributed by atoms with Gasteiger partial charge in [0.2, 0.25) is 5.91 Å². The number of carbonyl (C=O) groups is 1. The molecule has 1 aliphatic heterocycles. The number of aromatic nitrogens is 3. The van der Waals surface area contributed by atoms with E-state index in [4.69, 9.17) is 0 Å². The average Bonchev–Trinajstić information content (AvgIpc) is 3.18. The van der Waals surface area contributed by atoms with Gasteiger partial charge in [-0.25, -0.2) is 9.50 Å². The molecule has 0 atom stereocenters. The molecule has 3 heterocycles. The number of carbonyl (C=O) groups excluding carboxylic acids is 1. The van der Waals surface area contributed by atoms with E-state index in [1.165, 1.54) is 5.69 Å². The molecular formula is C14H16N4O. The number of hydrogen-bond acceptors (Lipinski definition) is 3. The maximum Gasteiger partial charge on any atom is 0.225 e. The van der Waals surface area contributed by atoms with E-state index in [9.17, 15) is 4.79 Å². The zero-order chi connectivity index (χ0) is 13.0. The van der Waals surface area contributed by atoms with Gasteiger partial charge in [0, 0.05) is 43.3 Å². The largest absolute Gasteiger partial charge is 0.338 e. The summed E-state index contributed by atoms with van der Waals surface area (Å²) in [6, 6.07) is 1.99. The third-order valence-corrected chi connectivity index (χ3v) is 4.01. The van der Waals surface area contributed by atoms with Gasteiger partial charge >= 0.3 is 0 Å². The number of fused-ring (bicyclic) bond motifs is 3. The minimum atomic E-state index is 0.296. The molecule has 0 unspecified atom stereocenters. The zero-order valence-corrected chi connectivity index (χ0v) is 11.0. The molecule has 0 aromatic carbocycles. The molecule has 1 fully saturated rings. The first kappa shape index (κ1) is 11.0. The lowest BCUT2D eigenvalue weighted by Crippen LogP contribution is -2.37. The Morgan fingerprint density at radius 2 is 2.26 bits per heavy atom. The Hall–Kier alpha value is -1.91. The Labute approximate surface area is 111 Å². The number of nitrogens with zero attached hydrogens (tertiary/aromatic N) is 4. The third kappa shape index (κ3) is 1.72. The van der Waals surface area contributed by atoms with Crippen molar-refractivity contribution in [1.82, 2.24) is 19.5 Å². The Morgan fingerprint density at radius 3 is 3.05 bits per heavy atom. The maximum absolute atomic E-state index is 12.1. The molecule has 0 N–H and O–H groups in total. The molecule has 4 rings (SSSR count). The fourth-order valence-electron chi connectivity index (χ4n) is 2.83. The van der Waals surface area contributed by atoms with Crippen LogP contribution in [0.1, 0.15) is 29.8 Å². The van der Waals surface area contributed by atoms with Crippen molar-refractivity contribution in [2.75, 3.05) is 6.54 Å². The number of aryl methyl sites for hydroxylation is 1.